The van der Waals surface area contributed by atoms with E-state index in [0.717, 1.165) is 16.0 Å². The highest BCUT2D eigenvalue weighted by molar-refractivity contribution is 8.01. The van der Waals surface area contributed by atoms with Crippen molar-refractivity contribution in [1.82, 2.24) is 10.2 Å². The third kappa shape index (κ3) is 3.32. The minimum Gasteiger partial charge on any atom is -0.481 e. The minimum atomic E-state index is -0.821. The van der Waals surface area contributed by atoms with Gasteiger partial charge in [0, 0.05) is 12.6 Å². The molecule has 0 bridgehead atoms. The molecule has 17 heavy (non-hydrogen) atoms. The quantitative estimate of drug-likeness (QED) is 0.847. The summed E-state index contributed by atoms with van der Waals surface area (Å²) in [6, 6.07) is 0.508. The summed E-state index contributed by atoms with van der Waals surface area (Å²) in [7, 11) is 0. The summed E-state index contributed by atoms with van der Waals surface area (Å²) in [5.74, 6) is -0.775. The second-order valence-electron chi connectivity index (χ2n) is 4.07. The molecule has 1 atom stereocenters. The molecule has 0 aromatic carbocycles. The SMILES string of the molecule is CC1CCCCN1c1nnc(SCC(=O)O)s1. The molecule has 94 valence electrons. The highest BCUT2D eigenvalue weighted by Gasteiger charge is 2.21. The average molecular weight is 273 g/mol. The molecular weight excluding hydrogens is 258 g/mol. The van der Waals surface area contributed by atoms with Crippen molar-refractivity contribution in [1.29, 1.82) is 0 Å². The Morgan fingerprint density at radius 2 is 2.41 bits per heavy atom. The molecular formula is C10H15N3O2S2. The molecule has 1 saturated heterocycles. The molecule has 1 fully saturated rings. The van der Waals surface area contributed by atoms with E-state index >= 15 is 0 Å². The Balaban J connectivity index is 1.99. The van der Waals surface area contributed by atoms with Gasteiger partial charge in [0.25, 0.3) is 0 Å². The summed E-state index contributed by atoms with van der Waals surface area (Å²) >= 11 is 2.72. The Labute approximate surface area is 108 Å². The molecule has 2 rings (SSSR count). The van der Waals surface area contributed by atoms with Crippen molar-refractivity contribution in [2.75, 3.05) is 17.2 Å². The normalized spacial score (nSPS) is 20.5. The van der Waals surface area contributed by atoms with Crippen LogP contribution in [0.2, 0.25) is 0 Å². The van der Waals surface area contributed by atoms with Gasteiger partial charge in [-0.2, -0.15) is 0 Å². The molecule has 5 nitrogen and oxygen atoms in total. The number of carboxylic acid groups (broad SMARTS) is 1. The summed E-state index contributed by atoms with van der Waals surface area (Å²) in [6.45, 7) is 3.23. The second-order valence-corrected chi connectivity index (χ2v) is 6.25. The van der Waals surface area contributed by atoms with Gasteiger partial charge in [0.15, 0.2) is 4.34 Å². The summed E-state index contributed by atoms with van der Waals surface area (Å²) in [6.07, 6.45) is 3.66. The Morgan fingerprint density at radius 3 is 3.12 bits per heavy atom. The lowest BCUT2D eigenvalue weighted by molar-refractivity contribution is -0.133. The Hall–Kier alpha value is -0.820. The van der Waals surface area contributed by atoms with E-state index in [1.165, 1.54) is 42.4 Å². The fraction of sp³-hybridized carbons (Fsp3) is 0.700. The zero-order valence-electron chi connectivity index (χ0n) is 9.63. The smallest absolute Gasteiger partial charge is 0.313 e. The fourth-order valence-corrected chi connectivity index (χ4v) is 3.57. The largest absolute Gasteiger partial charge is 0.481 e. The van der Waals surface area contributed by atoms with Gasteiger partial charge in [0.2, 0.25) is 5.13 Å². The number of piperidine rings is 1. The van der Waals surface area contributed by atoms with Gasteiger partial charge in [-0.05, 0) is 26.2 Å². The van der Waals surface area contributed by atoms with Crippen LogP contribution in [0.1, 0.15) is 26.2 Å². The zero-order valence-corrected chi connectivity index (χ0v) is 11.3. The van der Waals surface area contributed by atoms with Gasteiger partial charge in [-0.1, -0.05) is 23.1 Å². The third-order valence-corrected chi connectivity index (χ3v) is 4.84. The van der Waals surface area contributed by atoms with E-state index < -0.39 is 5.97 Å². The average Bonchev–Trinajstić information content (AvgIpc) is 2.75. The van der Waals surface area contributed by atoms with E-state index in [1.54, 1.807) is 0 Å². The maximum Gasteiger partial charge on any atom is 0.313 e. The molecule has 1 aromatic rings. The number of anilines is 1. The second kappa shape index (κ2) is 5.68. The molecule has 0 amide bonds. The Bertz CT molecular complexity index is 397. The minimum absolute atomic E-state index is 0.0458. The van der Waals surface area contributed by atoms with Crippen molar-refractivity contribution in [3.05, 3.63) is 0 Å². The van der Waals surface area contributed by atoms with Gasteiger partial charge in [-0.25, -0.2) is 0 Å². The van der Waals surface area contributed by atoms with Crippen molar-refractivity contribution in [2.24, 2.45) is 0 Å². The van der Waals surface area contributed by atoms with Crippen LogP contribution in [0.5, 0.6) is 0 Å². The van der Waals surface area contributed by atoms with Crippen LogP contribution >= 0.6 is 23.1 Å². The van der Waals surface area contributed by atoms with Crippen LogP contribution < -0.4 is 4.90 Å². The predicted octanol–water partition coefficient (Wildman–Crippen LogP) is 2.09. The standard InChI is InChI=1S/C10H15N3O2S2/c1-7-4-2-3-5-13(7)9-11-12-10(17-9)16-6-8(14)15/h7H,2-6H2,1H3,(H,14,15). The van der Waals surface area contributed by atoms with E-state index in [-0.39, 0.29) is 5.75 Å². The number of rotatable bonds is 4. The molecule has 0 spiro atoms. The lowest BCUT2D eigenvalue weighted by atomic mass is 10.1. The van der Waals surface area contributed by atoms with Gasteiger partial charge in [0.05, 0.1) is 5.75 Å². The van der Waals surface area contributed by atoms with Crippen molar-refractivity contribution in [3.63, 3.8) is 0 Å². The molecule has 1 N–H and O–H groups in total. The summed E-state index contributed by atoms with van der Waals surface area (Å²) < 4.78 is 0.736. The Kier molecular flexibility index (Phi) is 4.22. The third-order valence-electron chi connectivity index (χ3n) is 2.76. The maximum absolute atomic E-state index is 10.5. The number of nitrogens with zero attached hydrogens (tertiary/aromatic N) is 3. The first-order valence-corrected chi connectivity index (χ1v) is 7.42. The van der Waals surface area contributed by atoms with Crippen LogP contribution in [-0.2, 0) is 4.79 Å². The fourth-order valence-electron chi connectivity index (χ4n) is 1.88. The topological polar surface area (TPSA) is 66.3 Å². The first-order chi connectivity index (χ1) is 8.16. The molecule has 1 unspecified atom stereocenters. The molecule has 1 aromatic heterocycles. The van der Waals surface area contributed by atoms with Crippen LogP contribution in [0.3, 0.4) is 0 Å². The first-order valence-electron chi connectivity index (χ1n) is 5.61. The lowest BCUT2D eigenvalue weighted by Crippen LogP contribution is -2.37. The van der Waals surface area contributed by atoms with E-state index in [0.29, 0.717) is 6.04 Å². The molecule has 1 aliphatic rings. The number of aromatic nitrogens is 2. The summed E-state index contributed by atoms with van der Waals surface area (Å²) in [5, 5.41) is 17.7. The van der Waals surface area contributed by atoms with Gasteiger partial charge >= 0.3 is 5.97 Å². The molecule has 0 saturated carbocycles. The maximum atomic E-state index is 10.5. The predicted molar refractivity (Wildman–Crippen MR) is 68.9 cm³/mol. The molecule has 1 aliphatic heterocycles. The number of hydrogen-bond donors (Lipinski definition) is 1. The number of thioether (sulfide) groups is 1. The summed E-state index contributed by atoms with van der Waals surface area (Å²) in [4.78, 5) is 12.7. The number of carboxylic acids is 1. The van der Waals surface area contributed by atoms with E-state index in [9.17, 15) is 4.79 Å². The number of hydrogen-bond acceptors (Lipinski definition) is 6. The van der Waals surface area contributed by atoms with Gasteiger partial charge in [0.1, 0.15) is 0 Å². The van der Waals surface area contributed by atoms with Crippen LogP contribution in [-0.4, -0.2) is 39.6 Å². The van der Waals surface area contributed by atoms with Crippen LogP contribution in [0.15, 0.2) is 4.34 Å². The van der Waals surface area contributed by atoms with E-state index in [4.69, 9.17) is 5.11 Å². The van der Waals surface area contributed by atoms with Crippen LogP contribution in [0, 0.1) is 0 Å². The highest BCUT2D eigenvalue weighted by atomic mass is 32.2. The molecule has 7 heteroatoms. The van der Waals surface area contributed by atoms with E-state index in [2.05, 4.69) is 22.0 Å². The molecule has 2 heterocycles. The molecule has 0 radical (unpaired) electrons. The van der Waals surface area contributed by atoms with Crippen LogP contribution in [0.4, 0.5) is 5.13 Å². The molecule has 0 aliphatic carbocycles. The number of carbonyl (C=O) groups is 1. The van der Waals surface area contributed by atoms with Crippen molar-refractivity contribution >= 4 is 34.2 Å². The lowest BCUT2D eigenvalue weighted by Gasteiger charge is -2.32. The zero-order chi connectivity index (χ0) is 12.3. The van der Waals surface area contributed by atoms with Crippen molar-refractivity contribution in [2.45, 2.75) is 36.6 Å². The van der Waals surface area contributed by atoms with Crippen LogP contribution in [0.25, 0.3) is 0 Å². The van der Waals surface area contributed by atoms with Gasteiger partial charge in [-0.15, -0.1) is 10.2 Å². The van der Waals surface area contributed by atoms with Crippen molar-refractivity contribution < 1.29 is 9.90 Å². The highest BCUT2D eigenvalue weighted by Crippen LogP contribution is 2.31. The van der Waals surface area contributed by atoms with Gasteiger partial charge in [-0.3, -0.25) is 4.79 Å². The first kappa shape index (κ1) is 12.6. The Morgan fingerprint density at radius 1 is 1.59 bits per heavy atom. The summed E-state index contributed by atoms with van der Waals surface area (Å²) in [5.41, 5.74) is 0. The van der Waals surface area contributed by atoms with Gasteiger partial charge < -0.3 is 10.0 Å². The van der Waals surface area contributed by atoms with E-state index in [1.807, 2.05) is 0 Å². The monoisotopic (exact) mass is 273 g/mol. The van der Waals surface area contributed by atoms with Crippen molar-refractivity contribution in [3.8, 4) is 0 Å². The number of aliphatic carboxylic acids is 1.